The van der Waals surface area contributed by atoms with Crippen molar-refractivity contribution in [3.63, 3.8) is 0 Å². The maximum Gasteiger partial charge on any atom is 0.338 e. The third-order valence-electron chi connectivity index (χ3n) is 5.38. The molecule has 0 aliphatic carbocycles. The Bertz CT molecular complexity index is 1440. The second kappa shape index (κ2) is 10.1. The first-order chi connectivity index (χ1) is 16.8. The van der Waals surface area contributed by atoms with Gasteiger partial charge in [0.2, 0.25) is 5.75 Å². The van der Waals surface area contributed by atoms with Crippen molar-refractivity contribution < 1.29 is 23.7 Å². The van der Waals surface area contributed by atoms with E-state index < -0.39 is 12.0 Å². The summed E-state index contributed by atoms with van der Waals surface area (Å²) in [5.41, 5.74) is 1.36. The fourth-order valence-corrected chi connectivity index (χ4v) is 5.78. The largest absolute Gasteiger partial charge is 0.493 e. The van der Waals surface area contributed by atoms with Crippen molar-refractivity contribution in [2.24, 2.45) is 4.99 Å². The van der Waals surface area contributed by atoms with Gasteiger partial charge >= 0.3 is 5.97 Å². The number of fused-ring (bicyclic) bond motifs is 1. The number of hydrogen-bond donors (Lipinski definition) is 0. The molecule has 0 saturated heterocycles. The summed E-state index contributed by atoms with van der Waals surface area (Å²) in [6.45, 7) is 5.36. The minimum absolute atomic E-state index is 0.247. The van der Waals surface area contributed by atoms with E-state index in [-0.39, 0.29) is 11.7 Å². The molecule has 4 rings (SSSR count). The third kappa shape index (κ3) is 4.63. The number of nitrogens with zero attached hydrogens (tertiary/aromatic N) is 2. The van der Waals surface area contributed by atoms with Gasteiger partial charge in [-0.15, -0.1) is 11.3 Å². The molecule has 0 fully saturated rings. The normalized spacial score (nSPS) is 15.6. The SMILES string of the molecule is COc1cc(/C=c2\sc3n(c2=O)C(c2cccs2)C(C(=O)OC(C)C)=C(C)N=3)cc(OC)c1OC. The Hall–Kier alpha value is -3.37. The number of esters is 1. The predicted octanol–water partition coefficient (Wildman–Crippen LogP) is 3.27. The molecular formula is C25H26N2O6S2. The number of carbonyl (C=O) groups is 1. The van der Waals surface area contributed by atoms with Crippen molar-refractivity contribution in [3.8, 4) is 17.2 Å². The van der Waals surface area contributed by atoms with Gasteiger partial charge in [0, 0.05) is 4.88 Å². The molecule has 1 atom stereocenters. The highest BCUT2D eigenvalue weighted by molar-refractivity contribution is 7.10. The Labute approximate surface area is 210 Å². The van der Waals surface area contributed by atoms with E-state index in [9.17, 15) is 9.59 Å². The summed E-state index contributed by atoms with van der Waals surface area (Å²) >= 11 is 2.73. The summed E-state index contributed by atoms with van der Waals surface area (Å²) in [6.07, 6.45) is 1.46. The number of aromatic nitrogens is 1. The number of rotatable bonds is 7. The molecule has 8 nitrogen and oxygen atoms in total. The average molecular weight is 515 g/mol. The van der Waals surface area contributed by atoms with E-state index in [4.69, 9.17) is 18.9 Å². The molecule has 0 radical (unpaired) electrons. The summed E-state index contributed by atoms with van der Waals surface area (Å²) < 4.78 is 23.8. The minimum atomic E-state index is -0.611. The molecule has 1 aliphatic heterocycles. The van der Waals surface area contributed by atoms with E-state index in [0.717, 1.165) is 4.88 Å². The lowest BCUT2D eigenvalue weighted by Gasteiger charge is -2.24. The standard InChI is InChI=1S/C25H26N2O6S2/c1-13(2)33-24(29)20-14(3)26-25-27(21(20)18-8-7-9-34-18)23(28)19(35-25)12-15-10-16(30-4)22(32-6)17(11-15)31-5/h7-13,21H,1-6H3/b19-12-. The number of allylic oxidation sites excluding steroid dienone is 1. The Morgan fingerprint density at radius 2 is 1.83 bits per heavy atom. The summed E-state index contributed by atoms with van der Waals surface area (Å²) in [6, 6.07) is 6.74. The van der Waals surface area contributed by atoms with Gasteiger partial charge in [0.25, 0.3) is 5.56 Å². The van der Waals surface area contributed by atoms with Crippen molar-refractivity contribution in [2.75, 3.05) is 21.3 Å². The van der Waals surface area contributed by atoms with E-state index in [1.807, 2.05) is 17.5 Å². The molecule has 0 amide bonds. The lowest BCUT2D eigenvalue weighted by Crippen LogP contribution is -2.39. The van der Waals surface area contributed by atoms with Gasteiger partial charge in [0.1, 0.15) is 6.04 Å². The number of benzene rings is 1. The van der Waals surface area contributed by atoms with Crippen LogP contribution in [0.25, 0.3) is 6.08 Å². The Kier molecular flexibility index (Phi) is 7.13. The minimum Gasteiger partial charge on any atom is -0.493 e. The van der Waals surface area contributed by atoms with Crippen LogP contribution in [0.2, 0.25) is 0 Å². The third-order valence-corrected chi connectivity index (χ3v) is 7.29. The fourth-order valence-electron chi connectivity index (χ4n) is 3.91. The van der Waals surface area contributed by atoms with E-state index in [0.29, 0.717) is 43.4 Å². The van der Waals surface area contributed by atoms with Gasteiger partial charge in [-0.2, -0.15) is 0 Å². The van der Waals surface area contributed by atoms with Crippen molar-refractivity contribution in [3.05, 3.63) is 71.0 Å². The van der Waals surface area contributed by atoms with Crippen molar-refractivity contribution in [1.29, 1.82) is 0 Å². The van der Waals surface area contributed by atoms with E-state index >= 15 is 0 Å². The second-order valence-corrected chi connectivity index (χ2v) is 10.00. The molecule has 3 heterocycles. The van der Waals surface area contributed by atoms with E-state index in [1.165, 1.54) is 44.0 Å². The van der Waals surface area contributed by atoms with Crippen LogP contribution in [0.5, 0.6) is 17.2 Å². The number of thiazole rings is 1. The maximum absolute atomic E-state index is 13.7. The molecule has 1 aliphatic rings. The van der Waals surface area contributed by atoms with Crippen LogP contribution in [0.3, 0.4) is 0 Å². The van der Waals surface area contributed by atoms with Crippen molar-refractivity contribution in [2.45, 2.75) is 32.9 Å². The van der Waals surface area contributed by atoms with E-state index in [2.05, 4.69) is 4.99 Å². The first kappa shape index (κ1) is 24.7. The maximum atomic E-state index is 13.7. The topological polar surface area (TPSA) is 88.4 Å². The zero-order valence-electron chi connectivity index (χ0n) is 20.3. The summed E-state index contributed by atoms with van der Waals surface area (Å²) in [7, 11) is 4.61. The second-order valence-electron chi connectivity index (χ2n) is 8.01. The van der Waals surface area contributed by atoms with Crippen LogP contribution in [0.4, 0.5) is 0 Å². The van der Waals surface area contributed by atoms with Gasteiger partial charge in [0.05, 0.1) is 43.2 Å². The fraction of sp³-hybridized carbons (Fsp3) is 0.320. The van der Waals surface area contributed by atoms with Gasteiger partial charge in [0.15, 0.2) is 16.3 Å². The molecule has 184 valence electrons. The van der Waals surface area contributed by atoms with Crippen LogP contribution in [-0.4, -0.2) is 38.0 Å². The first-order valence-corrected chi connectivity index (χ1v) is 12.6. The number of methoxy groups -OCH3 is 3. The Morgan fingerprint density at radius 1 is 1.14 bits per heavy atom. The average Bonchev–Trinajstić information content (AvgIpc) is 3.45. The molecular weight excluding hydrogens is 488 g/mol. The lowest BCUT2D eigenvalue weighted by molar-refractivity contribution is -0.143. The molecule has 0 bridgehead atoms. The summed E-state index contributed by atoms with van der Waals surface area (Å²) in [5, 5.41) is 1.92. The molecule has 10 heteroatoms. The van der Waals surface area contributed by atoms with Crippen LogP contribution in [-0.2, 0) is 9.53 Å². The van der Waals surface area contributed by atoms with Crippen LogP contribution in [0, 0.1) is 0 Å². The highest BCUT2D eigenvalue weighted by Crippen LogP contribution is 2.38. The molecule has 3 aromatic rings. The molecule has 1 unspecified atom stereocenters. The lowest BCUT2D eigenvalue weighted by atomic mass is 10.0. The molecule has 2 aromatic heterocycles. The Morgan fingerprint density at radius 3 is 2.37 bits per heavy atom. The van der Waals surface area contributed by atoms with Crippen LogP contribution < -0.4 is 29.1 Å². The van der Waals surface area contributed by atoms with Gasteiger partial charge in [-0.3, -0.25) is 9.36 Å². The molecule has 0 saturated carbocycles. The summed E-state index contributed by atoms with van der Waals surface area (Å²) in [5.74, 6) is 0.961. The Balaban J connectivity index is 1.91. The smallest absolute Gasteiger partial charge is 0.338 e. The van der Waals surface area contributed by atoms with Gasteiger partial charge in [-0.1, -0.05) is 17.4 Å². The molecule has 0 spiro atoms. The molecule has 35 heavy (non-hydrogen) atoms. The van der Waals surface area contributed by atoms with Crippen molar-refractivity contribution in [1.82, 2.24) is 4.57 Å². The monoisotopic (exact) mass is 514 g/mol. The van der Waals surface area contributed by atoms with E-state index in [1.54, 1.807) is 43.5 Å². The summed E-state index contributed by atoms with van der Waals surface area (Å²) in [4.78, 5) is 32.7. The molecule has 1 aromatic carbocycles. The van der Waals surface area contributed by atoms with Crippen LogP contribution >= 0.6 is 22.7 Å². The first-order valence-electron chi connectivity index (χ1n) is 10.9. The predicted molar refractivity (Wildman–Crippen MR) is 135 cm³/mol. The number of hydrogen-bond acceptors (Lipinski definition) is 9. The zero-order chi connectivity index (χ0) is 25.3. The van der Waals surface area contributed by atoms with Gasteiger partial charge in [-0.05, 0) is 56.0 Å². The van der Waals surface area contributed by atoms with Crippen molar-refractivity contribution >= 4 is 34.7 Å². The number of carbonyl (C=O) groups excluding carboxylic acids is 1. The van der Waals surface area contributed by atoms with Crippen LogP contribution in [0.1, 0.15) is 37.3 Å². The molecule has 0 N–H and O–H groups in total. The van der Waals surface area contributed by atoms with Crippen LogP contribution in [0.15, 0.2) is 50.7 Å². The zero-order valence-corrected chi connectivity index (χ0v) is 21.9. The number of thiophene rings is 1. The highest BCUT2D eigenvalue weighted by Gasteiger charge is 2.34. The van der Waals surface area contributed by atoms with Gasteiger partial charge in [-0.25, -0.2) is 9.79 Å². The quantitative estimate of drug-likeness (QED) is 0.450. The highest BCUT2D eigenvalue weighted by atomic mass is 32.1. The van der Waals surface area contributed by atoms with Gasteiger partial charge < -0.3 is 18.9 Å². The number of ether oxygens (including phenoxy) is 4.